The van der Waals surface area contributed by atoms with Gasteiger partial charge in [-0.15, -0.1) is 12.4 Å². The first-order valence-corrected chi connectivity index (χ1v) is 8.70. The van der Waals surface area contributed by atoms with E-state index in [2.05, 4.69) is 5.16 Å². The van der Waals surface area contributed by atoms with Crippen LogP contribution in [0.4, 0.5) is 0 Å². The van der Waals surface area contributed by atoms with Crippen LogP contribution in [0.15, 0.2) is 28.8 Å². The number of benzene rings is 1. The lowest BCUT2D eigenvalue weighted by molar-refractivity contribution is 0.0778. The van der Waals surface area contributed by atoms with Gasteiger partial charge in [-0.1, -0.05) is 35.0 Å². The number of fused-ring (bicyclic) bond motifs is 1. The van der Waals surface area contributed by atoms with E-state index in [9.17, 15) is 4.79 Å². The van der Waals surface area contributed by atoms with E-state index in [1.807, 2.05) is 23.1 Å². The lowest BCUT2D eigenvalue weighted by Gasteiger charge is -2.19. The van der Waals surface area contributed by atoms with Crippen molar-refractivity contribution in [3.63, 3.8) is 0 Å². The molecule has 2 aromatic rings. The number of nitrogens with zero attached hydrogens (tertiary/aromatic N) is 2. The van der Waals surface area contributed by atoms with Crippen LogP contribution in [0.1, 0.15) is 29.0 Å². The predicted octanol–water partition coefficient (Wildman–Crippen LogP) is 3.53. The Kier molecular flexibility index (Phi) is 5.09. The second-order valence-corrected chi connectivity index (χ2v) is 7.22. The van der Waals surface area contributed by atoms with E-state index in [1.165, 1.54) is 0 Å². The summed E-state index contributed by atoms with van der Waals surface area (Å²) in [7, 11) is 0. The minimum Gasteiger partial charge on any atom is -0.360 e. The molecule has 3 unspecified atom stereocenters. The Balaban J connectivity index is 0.00000182. The van der Waals surface area contributed by atoms with E-state index in [-0.39, 0.29) is 24.4 Å². The highest BCUT2D eigenvalue weighted by Crippen LogP contribution is 2.39. The van der Waals surface area contributed by atoms with E-state index in [4.69, 9.17) is 21.9 Å². The molecule has 2 N–H and O–H groups in total. The summed E-state index contributed by atoms with van der Waals surface area (Å²) < 4.78 is 5.32. The molecule has 1 saturated heterocycles. The van der Waals surface area contributed by atoms with Crippen LogP contribution < -0.4 is 5.73 Å². The normalized spacial score (nSPS) is 24.9. The first kappa shape index (κ1) is 18.2. The Labute approximate surface area is 157 Å². The number of aryl methyl sites for hydroxylation is 1. The van der Waals surface area contributed by atoms with Gasteiger partial charge >= 0.3 is 0 Å². The lowest BCUT2D eigenvalue weighted by atomic mass is 9.98. The molecule has 7 heteroatoms. The fraction of sp³-hybridized carbons (Fsp3) is 0.444. The van der Waals surface area contributed by atoms with Crippen molar-refractivity contribution in [1.82, 2.24) is 10.1 Å². The third kappa shape index (κ3) is 3.05. The third-order valence-corrected chi connectivity index (χ3v) is 5.73. The molecule has 0 spiro atoms. The smallest absolute Gasteiger partial charge is 0.259 e. The van der Waals surface area contributed by atoms with Crippen LogP contribution in [0.2, 0.25) is 5.02 Å². The molecule has 4 rings (SSSR count). The standard InChI is InChI=1S/C18H20ClN3O2.ClH/c1-10-16(17(21-24-10)12-4-2-3-5-14(12)19)18(23)22-8-11-6-7-15(20)13(11)9-22;/h2-5,11,13,15H,6-9,20H2,1H3;1H. The molecule has 2 aliphatic rings. The number of aromatic nitrogens is 1. The molecule has 25 heavy (non-hydrogen) atoms. The van der Waals surface area contributed by atoms with E-state index in [0.29, 0.717) is 33.9 Å². The van der Waals surface area contributed by atoms with Gasteiger partial charge in [0.05, 0.1) is 5.02 Å². The monoisotopic (exact) mass is 381 g/mol. The molecule has 1 aromatic heterocycles. The average molecular weight is 382 g/mol. The molecule has 1 aliphatic heterocycles. The fourth-order valence-electron chi connectivity index (χ4n) is 4.09. The number of carbonyl (C=O) groups is 1. The number of likely N-dealkylation sites (tertiary alicyclic amines) is 1. The predicted molar refractivity (Wildman–Crippen MR) is 99.0 cm³/mol. The highest BCUT2D eigenvalue weighted by molar-refractivity contribution is 6.33. The Morgan fingerprint density at radius 3 is 2.80 bits per heavy atom. The lowest BCUT2D eigenvalue weighted by Crippen LogP contribution is -2.33. The summed E-state index contributed by atoms with van der Waals surface area (Å²) in [6, 6.07) is 7.57. The molecule has 0 radical (unpaired) electrons. The van der Waals surface area contributed by atoms with Gasteiger partial charge in [-0.25, -0.2) is 0 Å². The van der Waals surface area contributed by atoms with Gasteiger partial charge in [0.25, 0.3) is 5.91 Å². The van der Waals surface area contributed by atoms with Gasteiger partial charge in [-0.3, -0.25) is 4.79 Å². The molecular formula is C18H21Cl2N3O2. The van der Waals surface area contributed by atoms with Crippen molar-refractivity contribution in [1.29, 1.82) is 0 Å². The number of amides is 1. The SMILES string of the molecule is Cc1onc(-c2ccccc2Cl)c1C(=O)N1CC2CCC(N)C2C1.Cl. The zero-order valence-electron chi connectivity index (χ0n) is 13.9. The first-order chi connectivity index (χ1) is 11.6. The van der Waals surface area contributed by atoms with Gasteiger partial charge < -0.3 is 15.2 Å². The maximum Gasteiger partial charge on any atom is 0.259 e. The third-order valence-electron chi connectivity index (χ3n) is 5.41. The largest absolute Gasteiger partial charge is 0.360 e. The van der Waals surface area contributed by atoms with Crippen molar-refractivity contribution in [2.24, 2.45) is 17.6 Å². The number of carbonyl (C=O) groups excluding carboxylic acids is 1. The van der Waals surface area contributed by atoms with Gasteiger partial charge in [0.15, 0.2) is 0 Å². The van der Waals surface area contributed by atoms with E-state index >= 15 is 0 Å². The topological polar surface area (TPSA) is 72.4 Å². The van der Waals surface area contributed by atoms with Crippen LogP contribution in [0.5, 0.6) is 0 Å². The summed E-state index contributed by atoms with van der Waals surface area (Å²) in [6.45, 7) is 3.25. The van der Waals surface area contributed by atoms with Crippen molar-refractivity contribution in [2.45, 2.75) is 25.8 Å². The van der Waals surface area contributed by atoms with E-state index in [1.54, 1.807) is 13.0 Å². The molecule has 2 heterocycles. The Bertz CT molecular complexity index is 792. The molecule has 1 saturated carbocycles. The van der Waals surface area contributed by atoms with E-state index < -0.39 is 0 Å². The van der Waals surface area contributed by atoms with Crippen molar-refractivity contribution < 1.29 is 9.32 Å². The minimum absolute atomic E-state index is 0. The highest BCUT2D eigenvalue weighted by Gasteiger charge is 2.43. The van der Waals surface area contributed by atoms with Crippen LogP contribution in [0.25, 0.3) is 11.3 Å². The Morgan fingerprint density at radius 2 is 2.08 bits per heavy atom. The summed E-state index contributed by atoms with van der Waals surface area (Å²) in [6.07, 6.45) is 2.17. The highest BCUT2D eigenvalue weighted by atomic mass is 35.5. The van der Waals surface area contributed by atoms with Gasteiger partial charge in [0.1, 0.15) is 17.0 Å². The maximum absolute atomic E-state index is 13.1. The second-order valence-electron chi connectivity index (χ2n) is 6.82. The van der Waals surface area contributed by atoms with Gasteiger partial charge in [0, 0.05) is 24.7 Å². The zero-order chi connectivity index (χ0) is 16.8. The molecule has 0 bridgehead atoms. The number of hydrogen-bond acceptors (Lipinski definition) is 4. The van der Waals surface area contributed by atoms with Crippen molar-refractivity contribution in [2.75, 3.05) is 13.1 Å². The number of halogens is 2. The number of rotatable bonds is 2. The summed E-state index contributed by atoms with van der Waals surface area (Å²) in [5.74, 6) is 1.42. The molecule has 1 aliphatic carbocycles. The van der Waals surface area contributed by atoms with Crippen LogP contribution in [-0.4, -0.2) is 35.1 Å². The molecule has 3 atom stereocenters. The fourth-order valence-corrected chi connectivity index (χ4v) is 4.32. The number of hydrogen-bond donors (Lipinski definition) is 1. The Hall–Kier alpha value is -1.56. The summed E-state index contributed by atoms with van der Waals surface area (Å²) in [5.41, 5.74) is 7.93. The minimum atomic E-state index is -0.0368. The first-order valence-electron chi connectivity index (χ1n) is 8.32. The van der Waals surface area contributed by atoms with Crippen molar-refractivity contribution in [3.8, 4) is 11.3 Å². The number of nitrogens with two attached hydrogens (primary N) is 1. The summed E-state index contributed by atoms with van der Waals surface area (Å²) >= 11 is 6.28. The van der Waals surface area contributed by atoms with Gasteiger partial charge in [-0.2, -0.15) is 0 Å². The summed E-state index contributed by atoms with van der Waals surface area (Å²) in [5, 5.41) is 4.65. The van der Waals surface area contributed by atoms with E-state index in [0.717, 1.165) is 31.5 Å². The van der Waals surface area contributed by atoms with Gasteiger partial charge in [0.2, 0.25) is 0 Å². The zero-order valence-corrected chi connectivity index (χ0v) is 15.5. The molecule has 1 amide bonds. The Morgan fingerprint density at radius 1 is 1.32 bits per heavy atom. The molecule has 1 aromatic carbocycles. The van der Waals surface area contributed by atoms with Crippen LogP contribution in [0, 0.1) is 18.8 Å². The summed E-state index contributed by atoms with van der Waals surface area (Å²) in [4.78, 5) is 15.0. The van der Waals surface area contributed by atoms with Crippen LogP contribution in [-0.2, 0) is 0 Å². The molecule has 2 fully saturated rings. The molecule has 5 nitrogen and oxygen atoms in total. The van der Waals surface area contributed by atoms with Crippen molar-refractivity contribution in [3.05, 3.63) is 40.6 Å². The van der Waals surface area contributed by atoms with Crippen molar-refractivity contribution >= 4 is 29.9 Å². The molecular weight excluding hydrogens is 361 g/mol. The quantitative estimate of drug-likeness (QED) is 0.863. The molecule has 134 valence electrons. The second kappa shape index (κ2) is 6.98. The van der Waals surface area contributed by atoms with Gasteiger partial charge in [-0.05, 0) is 37.7 Å². The van der Waals surface area contributed by atoms with Crippen LogP contribution >= 0.6 is 24.0 Å². The van der Waals surface area contributed by atoms with Crippen LogP contribution in [0.3, 0.4) is 0 Å². The maximum atomic E-state index is 13.1. The average Bonchev–Trinajstić information content (AvgIpc) is 3.24.